The molecule has 0 heterocycles. The summed E-state index contributed by atoms with van der Waals surface area (Å²) in [5.41, 5.74) is 5.18. The first-order valence-corrected chi connectivity index (χ1v) is 3.89. The molecule has 0 fully saturated rings. The summed E-state index contributed by atoms with van der Waals surface area (Å²) in [5, 5.41) is 8.30. The first-order valence-electron chi connectivity index (χ1n) is 2.73. The molecule has 0 aromatic heterocycles. The summed E-state index contributed by atoms with van der Waals surface area (Å²) in [7, 11) is 1.55. The van der Waals surface area contributed by atoms with Crippen LogP contribution in [-0.4, -0.2) is 35.9 Å². The third-order valence-electron chi connectivity index (χ3n) is 0.816. The zero-order chi connectivity index (χ0) is 7.98. The monoisotopic (exact) mass is 165 g/mol. The third kappa shape index (κ3) is 4.60. The molecule has 3 N–H and O–H groups in total. The van der Waals surface area contributed by atoms with E-state index in [1.54, 1.807) is 7.11 Å². The van der Waals surface area contributed by atoms with Crippen LogP contribution in [0.3, 0.4) is 0 Å². The minimum atomic E-state index is -0.969. The van der Waals surface area contributed by atoms with Crippen LogP contribution in [0.2, 0.25) is 0 Å². The topological polar surface area (TPSA) is 72.5 Å². The maximum Gasteiger partial charge on any atom is 0.321 e. The van der Waals surface area contributed by atoms with Crippen molar-refractivity contribution in [3.8, 4) is 0 Å². The fraction of sp³-hybridized carbons (Fsp3) is 0.800. The van der Waals surface area contributed by atoms with E-state index in [-0.39, 0.29) is 0 Å². The molecule has 10 heavy (non-hydrogen) atoms. The summed E-state index contributed by atoms with van der Waals surface area (Å²) in [5.74, 6) is -0.0898. The minimum absolute atomic E-state index is 0.392. The number of methoxy groups -OCH3 is 1. The summed E-state index contributed by atoms with van der Waals surface area (Å²) in [6.45, 7) is 0. The lowest BCUT2D eigenvalue weighted by molar-refractivity contribution is -0.137. The quantitative estimate of drug-likeness (QED) is 0.433. The first kappa shape index (κ1) is 9.74. The smallest absolute Gasteiger partial charge is 0.321 e. The number of carbonyl (C=O) groups is 1. The highest BCUT2D eigenvalue weighted by molar-refractivity contribution is 7.99. The van der Waals surface area contributed by atoms with E-state index in [1.165, 1.54) is 11.8 Å². The molecular formula is C5H11NO3S. The van der Waals surface area contributed by atoms with Crippen LogP contribution in [0.5, 0.6) is 0 Å². The molecule has 0 amide bonds. The van der Waals surface area contributed by atoms with E-state index in [9.17, 15) is 4.79 Å². The summed E-state index contributed by atoms with van der Waals surface area (Å²) in [6.07, 6.45) is 0. The average Bonchev–Trinajstić information content (AvgIpc) is 1.88. The summed E-state index contributed by atoms with van der Waals surface area (Å²) in [6, 6.07) is -0.778. The maximum atomic E-state index is 10.1. The second-order valence-corrected chi connectivity index (χ2v) is 2.70. The van der Waals surface area contributed by atoms with Crippen molar-refractivity contribution in [3.05, 3.63) is 0 Å². The van der Waals surface area contributed by atoms with Gasteiger partial charge in [0, 0.05) is 12.9 Å². The number of nitrogens with two attached hydrogens (primary N) is 1. The van der Waals surface area contributed by atoms with Crippen molar-refractivity contribution < 1.29 is 14.6 Å². The van der Waals surface area contributed by atoms with Crippen LogP contribution in [0.15, 0.2) is 0 Å². The second kappa shape index (κ2) is 5.52. The van der Waals surface area contributed by atoms with Gasteiger partial charge in [-0.15, -0.1) is 11.8 Å². The number of hydrogen-bond acceptors (Lipinski definition) is 4. The van der Waals surface area contributed by atoms with Crippen LogP contribution in [0, 0.1) is 0 Å². The molecule has 4 nitrogen and oxygen atoms in total. The molecule has 0 aromatic rings. The molecule has 5 heteroatoms. The number of carboxylic acid groups (broad SMARTS) is 1. The van der Waals surface area contributed by atoms with Crippen molar-refractivity contribution in [1.82, 2.24) is 0 Å². The molecule has 0 aliphatic heterocycles. The Bertz CT molecular complexity index is 109. The highest BCUT2D eigenvalue weighted by Gasteiger charge is 2.09. The Balaban J connectivity index is 3.21. The zero-order valence-corrected chi connectivity index (χ0v) is 6.56. The van der Waals surface area contributed by atoms with Crippen LogP contribution in [0.25, 0.3) is 0 Å². The third-order valence-corrected chi connectivity index (χ3v) is 1.81. The summed E-state index contributed by atoms with van der Waals surface area (Å²) < 4.78 is 4.69. The SMILES string of the molecule is COCSC[C@H](N)C(=O)O. The molecule has 60 valence electrons. The lowest BCUT2D eigenvalue weighted by atomic mass is 10.4. The standard InChI is InChI=1S/C5H11NO3S/c1-9-3-10-2-4(6)5(7)8/h4H,2-3,6H2,1H3,(H,7,8)/t4-/m0/s1. The maximum absolute atomic E-state index is 10.1. The van der Waals surface area contributed by atoms with Crippen molar-refractivity contribution in [1.29, 1.82) is 0 Å². The Morgan fingerprint density at radius 3 is 2.90 bits per heavy atom. The molecule has 1 atom stereocenters. The van der Waals surface area contributed by atoms with Gasteiger partial charge in [0.15, 0.2) is 0 Å². The number of ether oxygens (including phenoxy) is 1. The molecule has 0 saturated carbocycles. The molecule has 0 aliphatic carbocycles. The van der Waals surface area contributed by atoms with Gasteiger partial charge in [-0.2, -0.15) is 0 Å². The molecule has 0 saturated heterocycles. The van der Waals surface area contributed by atoms with Crippen molar-refractivity contribution in [2.24, 2.45) is 5.73 Å². The van der Waals surface area contributed by atoms with Gasteiger partial charge in [-0.1, -0.05) is 0 Å². The number of rotatable bonds is 5. The number of aliphatic carboxylic acids is 1. The Kier molecular flexibility index (Phi) is 5.38. The predicted molar refractivity (Wildman–Crippen MR) is 39.9 cm³/mol. The van der Waals surface area contributed by atoms with E-state index in [4.69, 9.17) is 10.8 Å². The first-order chi connectivity index (χ1) is 4.68. The van der Waals surface area contributed by atoms with Gasteiger partial charge in [0.1, 0.15) is 6.04 Å². The van der Waals surface area contributed by atoms with E-state index in [0.29, 0.717) is 11.7 Å². The number of carboxylic acids is 1. The normalized spacial score (nSPS) is 13.0. The summed E-state index contributed by atoms with van der Waals surface area (Å²) in [4.78, 5) is 10.1. The van der Waals surface area contributed by atoms with Crippen LogP contribution in [-0.2, 0) is 9.53 Å². The minimum Gasteiger partial charge on any atom is -0.480 e. The van der Waals surface area contributed by atoms with E-state index in [0.717, 1.165) is 0 Å². The highest BCUT2D eigenvalue weighted by Crippen LogP contribution is 2.00. The number of thioether (sulfide) groups is 1. The van der Waals surface area contributed by atoms with Gasteiger partial charge in [-0.3, -0.25) is 4.79 Å². The molecule has 0 radical (unpaired) electrons. The van der Waals surface area contributed by atoms with Crippen LogP contribution < -0.4 is 5.73 Å². The second-order valence-electron chi connectivity index (χ2n) is 1.72. The van der Waals surface area contributed by atoms with E-state index in [2.05, 4.69) is 4.74 Å². The van der Waals surface area contributed by atoms with Crippen molar-refractivity contribution in [2.75, 3.05) is 18.8 Å². The van der Waals surface area contributed by atoms with Crippen LogP contribution in [0.1, 0.15) is 0 Å². The van der Waals surface area contributed by atoms with Gasteiger partial charge in [-0.05, 0) is 0 Å². The molecule has 0 aliphatic rings. The Morgan fingerprint density at radius 1 is 1.90 bits per heavy atom. The van der Waals surface area contributed by atoms with E-state index in [1.807, 2.05) is 0 Å². The average molecular weight is 165 g/mol. The van der Waals surface area contributed by atoms with Gasteiger partial charge < -0.3 is 15.6 Å². The molecule has 0 rings (SSSR count). The fourth-order valence-electron chi connectivity index (χ4n) is 0.330. The Labute approximate surface area is 63.7 Å². The largest absolute Gasteiger partial charge is 0.480 e. The molecule has 0 unspecified atom stereocenters. The van der Waals surface area contributed by atoms with Gasteiger partial charge in [-0.25, -0.2) is 0 Å². The van der Waals surface area contributed by atoms with Crippen molar-refractivity contribution in [2.45, 2.75) is 6.04 Å². The Hall–Kier alpha value is -0.260. The van der Waals surface area contributed by atoms with Gasteiger partial charge in [0.05, 0.1) is 5.94 Å². The number of hydrogen-bond donors (Lipinski definition) is 2. The highest BCUT2D eigenvalue weighted by atomic mass is 32.2. The predicted octanol–water partition coefficient (Wildman–Crippen LogP) is -0.265. The van der Waals surface area contributed by atoms with Crippen molar-refractivity contribution >= 4 is 17.7 Å². The lowest BCUT2D eigenvalue weighted by Crippen LogP contribution is -2.32. The molecule has 0 bridgehead atoms. The summed E-state index contributed by atoms with van der Waals surface area (Å²) >= 11 is 1.36. The molecule has 0 aromatic carbocycles. The van der Waals surface area contributed by atoms with Crippen LogP contribution >= 0.6 is 11.8 Å². The molecular weight excluding hydrogens is 154 g/mol. The van der Waals surface area contributed by atoms with Gasteiger partial charge in [0.2, 0.25) is 0 Å². The zero-order valence-electron chi connectivity index (χ0n) is 5.74. The van der Waals surface area contributed by atoms with Gasteiger partial charge >= 0.3 is 5.97 Å². The van der Waals surface area contributed by atoms with Gasteiger partial charge in [0.25, 0.3) is 0 Å². The van der Waals surface area contributed by atoms with E-state index < -0.39 is 12.0 Å². The van der Waals surface area contributed by atoms with Crippen molar-refractivity contribution in [3.63, 3.8) is 0 Å². The fourth-order valence-corrected chi connectivity index (χ4v) is 0.989. The molecule has 0 spiro atoms. The Morgan fingerprint density at radius 2 is 2.50 bits per heavy atom. The van der Waals surface area contributed by atoms with E-state index >= 15 is 0 Å². The van der Waals surface area contributed by atoms with Crippen LogP contribution in [0.4, 0.5) is 0 Å². The lowest BCUT2D eigenvalue weighted by Gasteiger charge is -2.03.